The van der Waals surface area contributed by atoms with E-state index in [1.807, 2.05) is 0 Å². The maximum absolute atomic E-state index is 11.8. The summed E-state index contributed by atoms with van der Waals surface area (Å²) in [5.74, 6) is -0.341. The first kappa shape index (κ1) is 10.9. The van der Waals surface area contributed by atoms with Crippen molar-refractivity contribution in [2.45, 2.75) is 6.36 Å². The Hall–Kier alpha value is -1.21. The van der Waals surface area contributed by atoms with Crippen LogP contribution < -0.4 is 10.2 Å². The third-order valence-electron chi connectivity index (χ3n) is 1.36. The SMILES string of the molecule is OOBc1cccc(OC(F)(F)F)c1. The highest BCUT2D eigenvalue weighted by Crippen LogP contribution is 2.21. The number of ether oxygens (including phenoxy) is 1. The van der Waals surface area contributed by atoms with Gasteiger partial charge in [-0.15, -0.1) is 13.2 Å². The summed E-state index contributed by atoms with van der Waals surface area (Å²) in [4.78, 5) is 3.78. The van der Waals surface area contributed by atoms with E-state index in [4.69, 9.17) is 5.26 Å². The molecule has 0 aliphatic heterocycles. The van der Waals surface area contributed by atoms with Gasteiger partial charge in [-0.3, -0.25) is 5.26 Å². The molecule has 0 aliphatic carbocycles. The van der Waals surface area contributed by atoms with Gasteiger partial charge in [0.15, 0.2) is 0 Å². The molecule has 0 atom stereocenters. The van der Waals surface area contributed by atoms with E-state index in [9.17, 15) is 13.2 Å². The minimum atomic E-state index is -4.71. The van der Waals surface area contributed by atoms with Crippen LogP contribution in [0.1, 0.15) is 0 Å². The average molecular weight is 206 g/mol. The van der Waals surface area contributed by atoms with Crippen LogP contribution in [0.25, 0.3) is 0 Å². The van der Waals surface area contributed by atoms with Crippen molar-refractivity contribution < 1.29 is 28.0 Å². The minimum Gasteiger partial charge on any atom is -0.406 e. The molecule has 1 rings (SSSR count). The van der Waals surface area contributed by atoms with Crippen LogP contribution in [0.5, 0.6) is 5.75 Å². The number of hydrogen-bond donors (Lipinski definition) is 1. The van der Waals surface area contributed by atoms with E-state index < -0.39 is 6.36 Å². The molecule has 0 aromatic heterocycles. The van der Waals surface area contributed by atoms with Crippen molar-refractivity contribution in [2.24, 2.45) is 0 Å². The molecule has 14 heavy (non-hydrogen) atoms. The van der Waals surface area contributed by atoms with Crippen molar-refractivity contribution in [3.63, 3.8) is 0 Å². The molecule has 7 heteroatoms. The summed E-state index contributed by atoms with van der Waals surface area (Å²) >= 11 is 0. The summed E-state index contributed by atoms with van der Waals surface area (Å²) in [7, 11) is -0.185. The van der Waals surface area contributed by atoms with Gasteiger partial charge in [-0.1, -0.05) is 12.1 Å². The van der Waals surface area contributed by atoms with Crippen LogP contribution in [0.15, 0.2) is 24.3 Å². The van der Waals surface area contributed by atoms with E-state index in [0.717, 1.165) is 12.1 Å². The highest BCUT2D eigenvalue weighted by Gasteiger charge is 2.31. The molecule has 0 aliphatic rings. The molecule has 0 amide bonds. The van der Waals surface area contributed by atoms with Crippen molar-refractivity contribution >= 4 is 12.9 Å². The van der Waals surface area contributed by atoms with Gasteiger partial charge in [0, 0.05) is 0 Å². The van der Waals surface area contributed by atoms with Gasteiger partial charge in [0.2, 0.25) is 0 Å². The van der Waals surface area contributed by atoms with Crippen LogP contribution >= 0.6 is 0 Å². The molecular weight excluding hydrogens is 200 g/mol. The summed E-state index contributed by atoms with van der Waals surface area (Å²) < 4.78 is 38.9. The summed E-state index contributed by atoms with van der Waals surface area (Å²) in [6.07, 6.45) is -4.71. The zero-order valence-electron chi connectivity index (χ0n) is 6.91. The molecule has 0 radical (unpaired) electrons. The lowest BCUT2D eigenvalue weighted by molar-refractivity contribution is -0.274. The quantitative estimate of drug-likeness (QED) is 0.456. The Balaban J connectivity index is 2.73. The second kappa shape index (κ2) is 4.34. The number of rotatable bonds is 3. The molecule has 0 heterocycles. The predicted octanol–water partition coefficient (Wildman–Crippen LogP) is 1.05. The maximum atomic E-state index is 11.8. The fourth-order valence-corrected chi connectivity index (χ4v) is 0.907. The second-order valence-corrected chi connectivity index (χ2v) is 2.47. The Morgan fingerprint density at radius 1 is 1.29 bits per heavy atom. The molecule has 0 fully saturated rings. The van der Waals surface area contributed by atoms with Crippen molar-refractivity contribution in [2.75, 3.05) is 0 Å². The summed E-state index contributed by atoms with van der Waals surface area (Å²) in [5.41, 5.74) is 0.384. The normalized spacial score (nSPS) is 11.1. The number of halogens is 3. The first-order valence-corrected chi connectivity index (χ1v) is 3.62. The molecule has 1 N–H and O–H groups in total. The Morgan fingerprint density at radius 2 is 2.00 bits per heavy atom. The van der Waals surface area contributed by atoms with E-state index in [0.29, 0.717) is 5.46 Å². The lowest BCUT2D eigenvalue weighted by atomic mass is 9.89. The predicted molar refractivity (Wildman–Crippen MR) is 43.6 cm³/mol. The molecule has 3 nitrogen and oxygen atoms in total. The average Bonchev–Trinajstić information content (AvgIpc) is 2.02. The molecule has 0 bridgehead atoms. The first-order valence-electron chi connectivity index (χ1n) is 3.62. The van der Waals surface area contributed by atoms with Gasteiger partial charge in [0.25, 0.3) is 0 Å². The van der Waals surface area contributed by atoms with Gasteiger partial charge in [-0.25, -0.2) is 0 Å². The van der Waals surface area contributed by atoms with E-state index in [2.05, 4.69) is 9.54 Å². The zero-order chi connectivity index (χ0) is 10.6. The minimum absolute atomic E-state index is 0.185. The molecule has 0 spiro atoms. The fraction of sp³-hybridized carbons (Fsp3) is 0.143. The Bertz CT molecular complexity index is 302. The zero-order valence-corrected chi connectivity index (χ0v) is 6.91. The van der Waals surface area contributed by atoms with E-state index in [-0.39, 0.29) is 13.2 Å². The molecule has 76 valence electrons. The number of alkyl halides is 3. The van der Waals surface area contributed by atoms with Crippen LogP contribution in [0.3, 0.4) is 0 Å². The Morgan fingerprint density at radius 3 is 2.57 bits per heavy atom. The molecule has 0 saturated carbocycles. The van der Waals surface area contributed by atoms with Gasteiger partial charge >= 0.3 is 13.8 Å². The first-order chi connectivity index (χ1) is 6.51. The topological polar surface area (TPSA) is 38.7 Å². The lowest BCUT2D eigenvalue weighted by Gasteiger charge is -2.09. The number of benzene rings is 1. The Kier molecular flexibility index (Phi) is 3.37. The smallest absolute Gasteiger partial charge is 0.406 e. The van der Waals surface area contributed by atoms with Crippen LogP contribution in [-0.2, 0) is 4.81 Å². The second-order valence-electron chi connectivity index (χ2n) is 2.47. The fourth-order valence-electron chi connectivity index (χ4n) is 0.907. The van der Waals surface area contributed by atoms with Gasteiger partial charge in [0.1, 0.15) is 5.75 Å². The summed E-state index contributed by atoms with van der Waals surface area (Å²) in [6, 6.07) is 5.16. The third kappa shape index (κ3) is 3.67. The molecular formula is C7H6BF3O3. The van der Waals surface area contributed by atoms with E-state index in [1.165, 1.54) is 12.1 Å². The standard InChI is InChI=1S/C7H6BF3O3/c9-7(10,11)13-6-3-1-2-5(4-6)8-14-12/h1-4,8,12H. The van der Waals surface area contributed by atoms with E-state index >= 15 is 0 Å². The van der Waals surface area contributed by atoms with Gasteiger partial charge in [0.05, 0.1) is 0 Å². The van der Waals surface area contributed by atoms with Gasteiger partial charge in [-0.05, 0) is 17.6 Å². The Labute approximate surface area is 78.3 Å². The van der Waals surface area contributed by atoms with Crippen LogP contribution in [-0.4, -0.2) is 19.1 Å². The van der Waals surface area contributed by atoms with Crippen molar-refractivity contribution in [3.05, 3.63) is 24.3 Å². The number of hydrogen-bond acceptors (Lipinski definition) is 3. The summed E-state index contributed by atoms with van der Waals surface area (Å²) in [6.45, 7) is 0. The molecule has 1 aromatic rings. The molecule has 0 saturated heterocycles. The van der Waals surface area contributed by atoms with Crippen LogP contribution in [0.4, 0.5) is 13.2 Å². The molecule has 0 unspecified atom stereocenters. The van der Waals surface area contributed by atoms with Crippen LogP contribution in [0.2, 0.25) is 0 Å². The third-order valence-corrected chi connectivity index (χ3v) is 1.36. The highest BCUT2D eigenvalue weighted by molar-refractivity contribution is 6.46. The van der Waals surface area contributed by atoms with Crippen molar-refractivity contribution in [3.8, 4) is 5.75 Å². The van der Waals surface area contributed by atoms with E-state index in [1.54, 1.807) is 0 Å². The maximum Gasteiger partial charge on any atom is 0.573 e. The van der Waals surface area contributed by atoms with Crippen LogP contribution in [0, 0.1) is 0 Å². The largest absolute Gasteiger partial charge is 0.573 e. The lowest BCUT2D eigenvalue weighted by Crippen LogP contribution is -2.20. The summed E-state index contributed by atoms with van der Waals surface area (Å²) in [5, 5.41) is 8.08. The monoisotopic (exact) mass is 206 g/mol. The van der Waals surface area contributed by atoms with Gasteiger partial charge < -0.3 is 9.54 Å². The van der Waals surface area contributed by atoms with Crippen molar-refractivity contribution in [1.29, 1.82) is 0 Å². The molecule has 1 aromatic carbocycles. The highest BCUT2D eigenvalue weighted by atomic mass is 19.4. The van der Waals surface area contributed by atoms with Crippen molar-refractivity contribution in [1.82, 2.24) is 0 Å². The van der Waals surface area contributed by atoms with Gasteiger partial charge in [-0.2, -0.15) is 0 Å².